The third-order valence-corrected chi connectivity index (χ3v) is 3.07. The predicted octanol–water partition coefficient (Wildman–Crippen LogP) is 4.50. The number of phenols is 1. The minimum absolute atomic E-state index is 0.000615. The number of phenolic OH excluding ortho intramolecular Hbond substituents is 1. The molecule has 2 rings (SSSR count). The number of hydrogen-bond donors (Lipinski definition) is 2. The Morgan fingerprint density at radius 1 is 1.21 bits per heavy atom. The summed E-state index contributed by atoms with van der Waals surface area (Å²) in [6, 6.07) is 7.72. The van der Waals surface area contributed by atoms with Gasteiger partial charge in [-0.25, -0.2) is 8.78 Å². The summed E-state index contributed by atoms with van der Waals surface area (Å²) < 4.78 is 26.9. The summed E-state index contributed by atoms with van der Waals surface area (Å²) in [6.07, 6.45) is 0. The lowest BCUT2D eigenvalue weighted by molar-refractivity contribution is 0.462. The van der Waals surface area contributed by atoms with Crippen molar-refractivity contribution in [1.82, 2.24) is 0 Å². The van der Waals surface area contributed by atoms with Crippen LogP contribution >= 0.6 is 11.6 Å². The maximum atomic E-state index is 13.7. The highest BCUT2D eigenvalue weighted by Gasteiger charge is 2.14. The Bertz CT molecular complexity index is 604. The molecule has 2 N–H and O–H groups in total. The molecule has 0 radical (unpaired) electrons. The molecule has 5 heteroatoms. The van der Waals surface area contributed by atoms with Crippen molar-refractivity contribution in [3.8, 4) is 5.75 Å². The molecular weight excluding hydrogens is 272 g/mol. The highest BCUT2D eigenvalue weighted by atomic mass is 35.5. The average Bonchev–Trinajstić information content (AvgIpc) is 2.38. The number of hydrogen-bond acceptors (Lipinski definition) is 2. The summed E-state index contributed by atoms with van der Waals surface area (Å²) in [5, 5.41) is 12.5. The second-order valence-corrected chi connectivity index (χ2v) is 4.58. The van der Waals surface area contributed by atoms with Crippen LogP contribution in [0.1, 0.15) is 18.5 Å². The number of nitrogens with one attached hydrogen (secondary N) is 1. The Labute approximate surface area is 114 Å². The van der Waals surface area contributed by atoms with Crippen LogP contribution in [0.2, 0.25) is 5.02 Å². The molecule has 0 aliphatic rings. The van der Waals surface area contributed by atoms with E-state index in [2.05, 4.69) is 5.32 Å². The Balaban J connectivity index is 2.28. The van der Waals surface area contributed by atoms with Crippen LogP contribution in [0, 0.1) is 11.6 Å². The number of halogens is 3. The summed E-state index contributed by atoms with van der Waals surface area (Å²) in [6.45, 7) is 1.69. The fourth-order valence-electron chi connectivity index (χ4n) is 1.80. The van der Waals surface area contributed by atoms with Gasteiger partial charge < -0.3 is 10.4 Å². The molecule has 1 unspecified atom stereocenters. The number of aromatic hydroxyl groups is 1. The van der Waals surface area contributed by atoms with Gasteiger partial charge in [0, 0.05) is 5.56 Å². The minimum Gasteiger partial charge on any atom is -0.508 e. The van der Waals surface area contributed by atoms with Crippen LogP contribution in [-0.2, 0) is 0 Å². The lowest BCUT2D eigenvalue weighted by Crippen LogP contribution is -2.08. The molecule has 0 saturated heterocycles. The van der Waals surface area contributed by atoms with Crippen molar-refractivity contribution < 1.29 is 13.9 Å². The Morgan fingerprint density at radius 3 is 2.68 bits per heavy atom. The number of rotatable bonds is 3. The van der Waals surface area contributed by atoms with Crippen molar-refractivity contribution in [2.75, 3.05) is 5.32 Å². The van der Waals surface area contributed by atoms with Crippen LogP contribution < -0.4 is 5.32 Å². The predicted molar refractivity (Wildman–Crippen MR) is 71.5 cm³/mol. The largest absolute Gasteiger partial charge is 0.508 e. The topological polar surface area (TPSA) is 32.3 Å². The fraction of sp³-hybridized carbons (Fsp3) is 0.143. The Hall–Kier alpha value is -1.81. The minimum atomic E-state index is -0.577. The first-order valence-electron chi connectivity index (χ1n) is 5.68. The second-order valence-electron chi connectivity index (χ2n) is 4.17. The van der Waals surface area contributed by atoms with E-state index >= 15 is 0 Å². The van der Waals surface area contributed by atoms with Crippen LogP contribution in [-0.4, -0.2) is 5.11 Å². The molecule has 2 nitrogen and oxygen atoms in total. The van der Waals surface area contributed by atoms with Crippen molar-refractivity contribution in [2.24, 2.45) is 0 Å². The first-order valence-corrected chi connectivity index (χ1v) is 6.06. The molecule has 2 aromatic carbocycles. The molecule has 0 aliphatic carbocycles. The molecule has 1 atom stereocenters. The van der Waals surface area contributed by atoms with Crippen molar-refractivity contribution in [1.29, 1.82) is 0 Å². The molecule has 0 spiro atoms. The lowest BCUT2D eigenvalue weighted by Gasteiger charge is -2.17. The third-order valence-electron chi connectivity index (χ3n) is 2.78. The van der Waals surface area contributed by atoms with Gasteiger partial charge in [0.2, 0.25) is 0 Å². The van der Waals surface area contributed by atoms with Crippen LogP contribution in [0.5, 0.6) is 5.75 Å². The van der Waals surface area contributed by atoms with Crippen molar-refractivity contribution in [3.63, 3.8) is 0 Å². The summed E-state index contributed by atoms with van der Waals surface area (Å²) in [7, 11) is 0. The zero-order valence-electron chi connectivity index (χ0n) is 10.1. The molecule has 100 valence electrons. The van der Waals surface area contributed by atoms with E-state index in [1.54, 1.807) is 13.0 Å². The zero-order chi connectivity index (χ0) is 14.0. The van der Waals surface area contributed by atoms with Crippen LogP contribution in [0.15, 0.2) is 36.4 Å². The molecule has 0 saturated carbocycles. The second kappa shape index (κ2) is 5.45. The summed E-state index contributed by atoms with van der Waals surface area (Å²) >= 11 is 5.68. The monoisotopic (exact) mass is 283 g/mol. The van der Waals surface area contributed by atoms with E-state index in [4.69, 9.17) is 11.6 Å². The van der Waals surface area contributed by atoms with E-state index in [0.717, 1.165) is 6.07 Å². The molecule has 2 aromatic rings. The van der Waals surface area contributed by atoms with E-state index < -0.39 is 17.7 Å². The molecule has 0 fully saturated rings. The molecule has 0 heterocycles. The highest BCUT2D eigenvalue weighted by Crippen LogP contribution is 2.30. The highest BCUT2D eigenvalue weighted by molar-refractivity contribution is 6.31. The Morgan fingerprint density at radius 2 is 1.95 bits per heavy atom. The average molecular weight is 284 g/mol. The molecule has 0 aliphatic heterocycles. The molecule has 0 amide bonds. The van der Waals surface area contributed by atoms with Gasteiger partial charge in [-0.1, -0.05) is 17.7 Å². The van der Waals surface area contributed by atoms with Crippen molar-refractivity contribution in [3.05, 3.63) is 58.6 Å². The van der Waals surface area contributed by atoms with Gasteiger partial charge in [0.05, 0.1) is 16.8 Å². The van der Waals surface area contributed by atoms with E-state index in [1.165, 1.54) is 24.3 Å². The smallest absolute Gasteiger partial charge is 0.164 e. The maximum Gasteiger partial charge on any atom is 0.164 e. The van der Waals surface area contributed by atoms with E-state index in [0.29, 0.717) is 5.56 Å². The summed E-state index contributed by atoms with van der Waals surface area (Å²) in [5.74, 6) is -1.09. The van der Waals surface area contributed by atoms with Gasteiger partial charge in [-0.3, -0.25) is 0 Å². The molecule has 0 bridgehead atoms. The molecule has 0 aromatic heterocycles. The fourth-order valence-corrected chi connectivity index (χ4v) is 1.97. The normalized spacial score (nSPS) is 12.2. The van der Waals surface area contributed by atoms with E-state index in [9.17, 15) is 13.9 Å². The molecule has 19 heavy (non-hydrogen) atoms. The van der Waals surface area contributed by atoms with Crippen molar-refractivity contribution in [2.45, 2.75) is 13.0 Å². The first kappa shape index (κ1) is 13.6. The quantitative estimate of drug-likeness (QED) is 0.869. The van der Waals surface area contributed by atoms with Crippen LogP contribution in [0.3, 0.4) is 0 Å². The Kier molecular flexibility index (Phi) is 3.90. The molecular formula is C14H12ClF2NO. The van der Waals surface area contributed by atoms with Gasteiger partial charge in [0.15, 0.2) is 5.82 Å². The van der Waals surface area contributed by atoms with Gasteiger partial charge in [-0.2, -0.15) is 0 Å². The lowest BCUT2D eigenvalue weighted by atomic mass is 10.1. The SMILES string of the molecule is CC(Nc1cccc(Cl)c1F)c1cc(F)ccc1O. The zero-order valence-corrected chi connectivity index (χ0v) is 10.9. The summed E-state index contributed by atoms with van der Waals surface area (Å²) in [5.41, 5.74) is 0.544. The van der Waals surface area contributed by atoms with Crippen LogP contribution in [0.4, 0.5) is 14.5 Å². The number of anilines is 1. The van der Waals surface area contributed by atoms with Crippen molar-refractivity contribution >= 4 is 17.3 Å². The van der Waals surface area contributed by atoms with E-state index in [1.807, 2.05) is 0 Å². The maximum absolute atomic E-state index is 13.7. The van der Waals surface area contributed by atoms with Gasteiger partial charge >= 0.3 is 0 Å². The van der Waals surface area contributed by atoms with Gasteiger partial charge in [-0.05, 0) is 37.3 Å². The van der Waals surface area contributed by atoms with Crippen LogP contribution in [0.25, 0.3) is 0 Å². The summed E-state index contributed by atoms with van der Waals surface area (Å²) in [4.78, 5) is 0. The van der Waals surface area contributed by atoms with Gasteiger partial charge in [-0.15, -0.1) is 0 Å². The standard InChI is InChI=1S/C14H12ClF2NO/c1-8(10-7-9(16)5-6-13(10)19)18-12-4-2-3-11(15)14(12)17/h2-8,18-19H,1H3. The van der Waals surface area contributed by atoms with Gasteiger partial charge in [0.25, 0.3) is 0 Å². The third kappa shape index (κ3) is 2.96. The first-order chi connectivity index (χ1) is 8.99. The van der Waals surface area contributed by atoms with E-state index in [-0.39, 0.29) is 16.5 Å². The van der Waals surface area contributed by atoms with Gasteiger partial charge in [0.1, 0.15) is 11.6 Å². The number of benzene rings is 2.